The Morgan fingerprint density at radius 2 is 2.14 bits per heavy atom. The molecular weight excluding hydrogens is 298 g/mol. The van der Waals surface area contributed by atoms with Crippen LogP contribution in [0.2, 0.25) is 0 Å². The zero-order valence-electron chi connectivity index (χ0n) is 13.1. The number of hydrogen-bond acceptors (Lipinski definition) is 6. The Morgan fingerprint density at radius 3 is 2.82 bits per heavy atom. The zero-order chi connectivity index (χ0) is 15.7. The molecule has 0 bridgehead atoms. The minimum Gasteiger partial charge on any atom is -0.497 e. The third-order valence-corrected chi connectivity index (χ3v) is 4.54. The number of nitrogens with zero attached hydrogens (tertiary/aromatic N) is 2. The van der Waals surface area contributed by atoms with E-state index >= 15 is 0 Å². The summed E-state index contributed by atoms with van der Waals surface area (Å²) < 4.78 is 11.3. The van der Waals surface area contributed by atoms with Gasteiger partial charge in [0.25, 0.3) is 0 Å². The van der Waals surface area contributed by atoms with Crippen molar-refractivity contribution in [3.05, 3.63) is 39.5 Å². The third-order valence-electron chi connectivity index (χ3n) is 3.70. The number of hydrogen-bond donors (Lipinski definition) is 1. The first-order valence-electron chi connectivity index (χ1n) is 7.18. The first-order valence-corrected chi connectivity index (χ1v) is 7.99. The van der Waals surface area contributed by atoms with Crippen LogP contribution in [0, 0.1) is 13.8 Å². The maximum absolute atomic E-state index is 6.00. The van der Waals surface area contributed by atoms with E-state index in [9.17, 15) is 0 Å². The second-order valence-electron chi connectivity index (χ2n) is 5.27. The molecule has 1 atom stereocenters. The van der Waals surface area contributed by atoms with Crippen molar-refractivity contribution in [1.82, 2.24) is 15.5 Å². The Labute approximate surface area is 133 Å². The van der Waals surface area contributed by atoms with E-state index in [0.29, 0.717) is 6.54 Å². The molecule has 0 radical (unpaired) electrons. The number of nitrogens with one attached hydrogen (secondary N) is 1. The van der Waals surface area contributed by atoms with Crippen molar-refractivity contribution in [2.45, 2.75) is 33.4 Å². The number of aryl methyl sites for hydroxylation is 2. The molecule has 2 heterocycles. The van der Waals surface area contributed by atoms with Crippen molar-refractivity contribution in [2.24, 2.45) is 0 Å². The molecule has 6 heteroatoms. The second-order valence-corrected chi connectivity index (χ2v) is 6.54. The first-order chi connectivity index (χ1) is 10.6. The maximum Gasteiger partial charge on any atom is 0.134 e. The average Bonchev–Trinajstić information content (AvgIpc) is 3.08. The molecule has 1 aromatic carbocycles. The van der Waals surface area contributed by atoms with Crippen LogP contribution < -0.4 is 10.1 Å². The first kappa shape index (κ1) is 15.0. The molecule has 0 spiro atoms. The summed E-state index contributed by atoms with van der Waals surface area (Å²) in [5, 5.41) is 14.7. The Kier molecular flexibility index (Phi) is 4.13. The Balaban J connectivity index is 1.81. The van der Waals surface area contributed by atoms with Gasteiger partial charge in [-0.3, -0.25) is 0 Å². The van der Waals surface area contributed by atoms with Gasteiger partial charge < -0.3 is 14.5 Å². The van der Waals surface area contributed by atoms with E-state index in [1.807, 2.05) is 25.1 Å². The zero-order valence-corrected chi connectivity index (χ0v) is 14.0. The predicted molar refractivity (Wildman–Crippen MR) is 87.4 cm³/mol. The van der Waals surface area contributed by atoms with Gasteiger partial charge in [0, 0.05) is 10.9 Å². The summed E-state index contributed by atoms with van der Waals surface area (Å²) in [4.78, 5) is 0. The quantitative estimate of drug-likeness (QED) is 0.776. The largest absolute Gasteiger partial charge is 0.497 e. The van der Waals surface area contributed by atoms with E-state index in [-0.39, 0.29) is 6.04 Å². The molecule has 0 saturated carbocycles. The fourth-order valence-electron chi connectivity index (χ4n) is 2.50. The van der Waals surface area contributed by atoms with E-state index < -0.39 is 0 Å². The van der Waals surface area contributed by atoms with Crippen LogP contribution >= 0.6 is 11.3 Å². The van der Waals surface area contributed by atoms with E-state index in [0.717, 1.165) is 38.1 Å². The van der Waals surface area contributed by atoms with Crippen LogP contribution in [0.4, 0.5) is 0 Å². The summed E-state index contributed by atoms with van der Waals surface area (Å²) >= 11 is 1.61. The molecule has 22 heavy (non-hydrogen) atoms. The summed E-state index contributed by atoms with van der Waals surface area (Å²) in [6.07, 6.45) is 0. The number of aromatic nitrogens is 2. The summed E-state index contributed by atoms with van der Waals surface area (Å²) in [5.41, 5.74) is 2.02. The lowest BCUT2D eigenvalue weighted by Gasteiger charge is -2.10. The van der Waals surface area contributed by atoms with Gasteiger partial charge in [-0.2, -0.15) is 0 Å². The number of furan rings is 1. The summed E-state index contributed by atoms with van der Waals surface area (Å²) in [5.74, 6) is 1.79. The van der Waals surface area contributed by atoms with E-state index in [2.05, 4.69) is 29.4 Å². The molecule has 0 amide bonds. The molecule has 1 N–H and O–H groups in total. The SMILES string of the molecule is COc1ccc2oc(C(C)NCc3nnc(C)s3)c(C)c2c1. The third kappa shape index (κ3) is 2.84. The molecule has 0 aliphatic heterocycles. The van der Waals surface area contributed by atoms with E-state index in [1.165, 1.54) is 0 Å². The molecule has 5 nitrogen and oxygen atoms in total. The Hall–Kier alpha value is -1.92. The van der Waals surface area contributed by atoms with Gasteiger partial charge >= 0.3 is 0 Å². The minimum absolute atomic E-state index is 0.0996. The highest BCUT2D eigenvalue weighted by atomic mass is 32.1. The molecule has 0 aliphatic rings. The van der Waals surface area contributed by atoms with Gasteiger partial charge in [0.05, 0.1) is 19.7 Å². The van der Waals surface area contributed by atoms with Crippen LogP contribution in [0.1, 0.15) is 34.3 Å². The molecule has 0 aliphatic carbocycles. The van der Waals surface area contributed by atoms with Gasteiger partial charge in [0.15, 0.2) is 0 Å². The molecule has 3 aromatic rings. The predicted octanol–water partition coefficient (Wildman–Crippen LogP) is 3.76. The van der Waals surface area contributed by atoms with Crippen LogP contribution in [-0.4, -0.2) is 17.3 Å². The monoisotopic (exact) mass is 317 g/mol. The molecular formula is C16H19N3O2S. The number of benzene rings is 1. The Bertz CT molecular complexity index is 794. The van der Waals surface area contributed by atoms with Crippen LogP contribution in [0.25, 0.3) is 11.0 Å². The highest BCUT2D eigenvalue weighted by molar-refractivity contribution is 7.11. The molecule has 2 aromatic heterocycles. The lowest BCUT2D eigenvalue weighted by molar-refractivity contribution is 0.415. The molecule has 0 saturated heterocycles. The van der Waals surface area contributed by atoms with Gasteiger partial charge in [-0.15, -0.1) is 21.5 Å². The Morgan fingerprint density at radius 1 is 1.32 bits per heavy atom. The normalized spacial score (nSPS) is 12.7. The summed E-state index contributed by atoms with van der Waals surface area (Å²) in [6.45, 7) is 6.82. The van der Waals surface area contributed by atoms with Crippen molar-refractivity contribution in [3.8, 4) is 5.75 Å². The van der Waals surface area contributed by atoms with Gasteiger partial charge in [-0.1, -0.05) is 0 Å². The van der Waals surface area contributed by atoms with Crippen LogP contribution in [0.5, 0.6) is 5.75 Å². The van der Waals surface area contributed by atoms with Gasteiger partial charge in [0.2, 0.25) is 0 Å². The molecule has 116 valence electrons. The van der Waals surface area contributed by atoms with Crippen molar-refractivity contribution in [1.29, 1.82) is 0 Å². The molecule has 3 rings (SSSR count). The standard InChI is InChI=1S/C16H19N3O2S/c1-9-13-7-12(20-4)5-6-14(13)21-16(9)10(2)17-8-15-19-18-11(3)22-15/h5-7,10,17H,8H2,1-4H3. The van der Waals surface area contributed by atoms with Crippen molar-refractivity contribution >= 4 is 22.3 Å². The average molecular weight is 317 g/mol. The van der Waals surface area contributed by atoms with Crippen LogP contribution in [-0.2, 0) is 6.54 Å². The van der Waals surface area contributed by atoms with Crippen molar-refractivity contribution in [3.63, 3.8) is 0 Å². The molecule has 0 fully saturated rings. The fourth-order valence-corrected chi connectivity index (χ4v) is 3.16. The lowest BCUT2D eigenvalue weighted by atomic mass is 10.1. The lowest BCUT2D eigenvalue weighted by Crippen LogP contribution is -2.18. The van der Waals surface area contributed by atoms with E-state index in [4.69, 9.17) is 9.15 Å². The topological polar surface area (TPSA) is 60.2 Å². The maximum atomic E-state index is 6.00. The van der Waals surface area contributed by atoms with Crippen molar-refractivity contribution in [2.75, 3.05) is 7.11 Å². The summed E-state index contributed by atoms with van der Waals surface area (Å²) in [7, 11) is 1.67. The smallest absolute Gasteiger partial charge is 0.134 e. The molecule has 1 unspecified atom stereocenters. The summed E-state index contributed by atoms with van der Waals surface area (Å²) in [6, 6.07) is 5.98. The number of rotatable bonds is 5. The second kappa shape index (κ2) is 6.06. The van der Waals surface area contributed by atoms with Crippen molar-refractivity contribution < 1.29 is 9.15 Å². The number of fused-ring (bicyclic) bond motifs is 1. The minimum atomic E-state index is 0.0996. The highest BCUT2D eigenvalue weighted by Gasteiger charge is 2.17. The van der Waals surface area contributed by atoms with Gasteiger partial charge in [-0.25, -0.2) is 0 Å². The highest BCUT2D eigenvalue weighted by Crippen LogP contribution is 2.32. The van der Waals surface area contributed by atoms with Crippen LogP contribution in [0.15, 0.2) is 22.6 Å². The van der Waals surface area contributed by atoms with E-state index in [1.54, 1.807) is 18.4 Å². The fraction of sp³-hybridized carbons (Fsp3) is 0.375. The number of methoxy groups -OCH3 is 1. The number of ether oxygens (including phenoxy) is 1. The van der Waals surface area contributed by atoms with Gasteiger partial charge in [-0.05, 0) is 39.0 Å². The van der Waals surface area contributed by atoms with Gasteiger partial charge in [0.1, 0.15) is 27.1 Å². The van der Waals surface area contributed by atoms with Crippen LogP contribution in [0.3, 0.4) is 0 Å².